The first-order valence-electron chi connectivity index (χ1n) is 6.03. The summed E-state index contributed by atoms with van der Waals surface area (Å²) in [6, 6.07) is 5.67. The molecule has 1 aromatic carbocycles. The lowest BCUT2D eigenvalue weighted by Crippen LogP contribution is -2.08. The van der Waals surface area contributed by atoms with E-state index in [9.17, 15) is 4.79 Å². The lowest BCUT2D eigenvalue weighted by molar-refractivity contribution is 0.528. The largest absolute Gasteiger partial charge is 0.419 e. The average molecular weight is 258 g/mol. The number of nitrogens with one attached hydrogen (secondary N) is 1. The number of fused-ring (bicyclic) bond motifs is 1. The highest BCUT2D eigenvalue weighted by Gasteiger charge is 2.11. The molecule has 3 aromatic rings. The number of aromatic amines is 1. The normalized spacial score (nSPS) is 11.3. The van der Waals surface area contributed by atoms with E-state index in [1.54, 1.807) is 13.2 Å². The molecule has 0 atom stereocenters. The van der Waals surface area contributed by atoms with Crippen molar-refractivity contribution in [2.45, 2.75) is 6.42 Å². The van der Waals surface area contributed by atoms with Gasteiger partial charge < -0.3 is 10.2 Å². The molecular formula is C13H14N4O2. The zero-order chi connectivity index (χ0) is 13.4. The van der Waals surface area contributed by atoms with Gasteiger partial charge in [-0.2, -0.15) is 5.10 Å². The molecule has 0 aliphatic rings. The summed E-state index contributed by atoms with van der Waals surface area (Å²) >= 11 is 0. The molecule has 0 amide bonds. The predicted octanol–water partition coefficient (Wildman–Crippen LogP) is 1.02. The van der Waals surface area contributed by atoms with Gasteiger partial charge >= 0.3 is 5.76 Å². The van der Waals surface area contributed by atoms with E-state index in [1.807, 2.05) is 18.2 Å². The molecule has 3 N–H and O–H groups in total. The molecule has 6 heteroatoms. The molecule has 0 saturated heterocycles. The van der Waals surface area contributed by atoms with Crippen LogP contribution < -0.4 is 11.5 Å². The Morgan fingerprint density at radius 1 is 1.47 bits per heavy atom. The molecule has 0 radical (unpaired) electrons. The second-order valence-corrected chi connectivity index (χ2v) is 4.41. The van der Waals surface area contributed by atoms with Crippen LogP contribution >= 0.6 is 0 Å². The van der Waals surface area contributed by atoms with E-state index in [-0.39, 0.29) is 5.76 Å². The minimum atomic E-state index is -0.360. The van der Waals surface area contributed by atoms with Crippen molar-refractivity contribution in [3.8, 4) is 11.1 Å². The molecule has 3 rings (SSSR count). The van der Waals surface area contributed by atoms with Gasteiger partial charge in [0, 0.05) is 24.7 Å². The van der Waals surface area contributed by atoms with Crippen molar-refractivity contribution in [1.82, 2.24) is 14.8 Å². The second-order valence-electron chi connectivity index (χ2n) is 4.41. The minimum Gasteiger partial charge on any atom is -0.408 e. The maximum atomic E-state index is 11.5. The van der Waals surface area contributed by atoms with Gasteiger partial charge in [0.05, 0.1) is 11.7 Å². The molecule has 19 heavy (non-hydrogen) atoms. The highest BCUT2D eigenvalue weighted by Crippen LogP contribution is 2.25. The van der Waals surface area contributed by atoms with Gasteiger partial charge in [-0.3, -0.25) is 9.67 Å². The lowest BCUT2D eigenvalue weighted by atomic mass is 10.0. The number of nitrogens with zero attached hydrogens (tertiary/aromatic N) is 2. The average Bonchev–Trinajstić information content (AvgIpc) is 2.96. The fraction of sp³-hybridized carbons (Fsp3) is 0.231. The van der Waals surface area contributed by atoms with Crippen LogP contribution in [0.3, 0.4) is 0 Å². The zero-order valence-corrected chi connectivity index (χ0v) is 10.5. The second kappa shape index (κ2) is 4.40. The molecule has 2 heterocycles. The van der Waals surface area contributed by atoms with Crippen LogP contribution in [0.15, 0.2) is 33.6 Å². The fourth-order valence-electron chi connectivity index (χ4n) is 2.20. The Bertz CT molecular complexity index is 781. The van der Waals surface area contributed by atoms with Gasteiger partial charge in [0.25, 0.3) is 0 Å². The van der Waals surface area contributed by atoms with E-state index in [0.717, 1.165) is 28.8 Å². The van der Waals surface area contributed by atoms with Crippen LogP contribution in [0, 0.1) is 0 Å². The van der Waals surface area contributed by atoms with Crippen molar-refractivity contribution in [2.24, 2.45) is 12.8 Å². The summed E-state index contributed by atoms with van der Waals surface area (Å²) in [4.78, 5) is 11.5. The van der Waals surface area contributed by atoms with Crippen LogP contribution in [0.1, 0.15) is 5.69 Å². The quantitative estimate of drug-likeness (QED) is 0.734. The van der Waals surface area contributed by atoms with Crippen LogP contribution in [0.5, 0.6) is 0 Å². The smallest absolute Gasteiger partial charge is 0.408 e. The number of aryl methyl sites for hydroxylation is 1. The molecule has 0 saturated carbocycles. The number of nitrogens with two attached hydrogens (primary N) is 1. The van der Waals surface area contributed by atoms with E-state index in [2.05, 4.69) is 10.2 Å². The van der Waals surface area contributed by atoms with E-state index in [0.29, 0.717) is 12.1 Å². The monoisotopic (exact) mass is 258 g/mol. The number of hydrogen-bond acceptors (Lipinski definition) is 4. The SMILES string of the molecule is Cn1c(=O)oc2cc(-c3cn[nH]c3CCN)ccc21. The summed E-state index contributed by atoms with van der Waals surface area (Å²) in [5, 5.41) is 6.98. The summed E-state index contributed by atoms with van der Waals surface area (Å²) in [6.45, 7) is 0.553. The third-order valence-corrected chi connectivity index (χ3v) is 3.22. The topological polar surface area (TPSA) is 89.8 Å². The molecule has 98 valence electrons. The Morgan fingerprint density at radius 2 is 2.32 bits per heavy atom. The maximum absolute atomic E-state index is 11.5. The number of oxazole rings is 1. The first-order valence-corrected chi connectivity index (χ1v) is 6.03. The van der Waals surface area contributed by atoms with Crippen LogP contribution in [0.25, 0.3) is 22.2 Å². The Hall–Kier alpha value is -2.34. The summed E-state index contributed by atoms with van der Waals surface area (Å²) < 4.78 is 6.67. The number of rotatable bonds is 3. The van der Waals surface area contributed by atoms with Gasteiger partial charge in [0.1, 0.15) is 0 Å². The van der Waals surface area contributed by atoms with Gasteiger partial charge in [-0.05, 0) is 24.2 Å². The molecule has 0 bridgehead atoms. The van der Waals surface area contributed by atoms with E-state index < -0.39 is 0 Å². The van der Waals surface area contributed by atoms with Gasteiger partial charge in [-0.1, -0.05) is 6.07 Å². The molecular weight excluding hydrogens is 244 g/mol. The van der Waals surface area contributed by atoms with Gasteiger partial charge in [-0.15, -0.1) is 0 Å². The first kappa shape index (κ1) is 11.7. The van der Waals surface area contributed by atoms with Crippen LogP contribution in [-0.4, -0.2) is 21.3 Å². The Morgan fingerprint density at radius 3 is 3.11 bits per heavy atom. The molecule has 2 aromatic heterocycles. The fourth-order valence-corrected chi connectivity index (χ4v) is 2.20. The summed E-state index contributed by atoms with van der Waals surface area (Å²) in [5.41, 5.74) is 9.85. The molecule has 0 aliphatic heterocycles. The first-order chi connectivity index (χ1) is 9.20. The van der Waals surface area contributed by atoms with Gasteiger partial charge in [0.2, 0.25) is 0 Å². The maximum Gasteiger partial charge on any atom is 0.419 e. The third-order valence-electron chi connectivity index (χ3n) is 3.22. The number of H-pyrrole nitrogens is 1. The van der Waals surface area contributed by atoms with Gasteiger partial charge in [0.15, 0.2) is 5.58 Å². The Labute approximate surface area is 108 Å². The number of aromatic nitrogens is 3. The zero-order valence-electron chi connectivity index (χ0n) is 10.5. The summed E-state index contributed by atoms with van der Waals surface area (Å²) in [6.07, 6.45) is 2.49. The van der Waals surface area contributed by atoms with Crippen molar-refractivity contribution in [3.63, 3.8) is 0 Å². The standard InChI is InChI=1S/C13H14N4O2/c1-17-11-3-2-8(6-12(11)19-13(17)18)9-7-15-16-10(9)4-5-14/h2-3,6-7H,4-5,14H2,1H3,(H,15,16). The van der Waals surface area contributed by atoms with Crippen molar-refractivity contribution >= 4 is 11.1 Å². The highest BCUT2D eigenvalue weighted by atomic mass is 16.4. The summed E-state index contributed by atoms with van der Waals surface area (Å²) in [5.74, 6) is -0.360. The van der Waals surface area contributed by atoms with Crippen molar-refractivity contribution in [2.75, 3.05) is 6.54 Å². The van der Waals surface area contributed by atoms with E-state index in [1.165, 1.54) is 4.57 Å². The summed E-state index contributed by atoms with van der Waals surface area (Å²) in [7, 11) is 1.69. The number of benzene rings is 1. The van der Waals surface area contributed by atoms with Crippen LogP contribution in [0.4, 0.5) is 0 Å². The van der Waals surface area contributed by atoms with E-state index in [4.69, 9.17) is 10.2 Å². The van der Waals surface area contributed by atoms with Crippen molar-refractivity contribution in [1.29, 1.82) is 0 Å². The molecule has 0 aliphatic carbocycles. The molecule has 6 nitrogen and oxygen atoms in total. The minimum absolute atomic E-state index is 0.360. The Kier molecular flexibility index (Phi) is 2.72. The predicted molar refractivity (Wildman–Crippen MR) is 71.8 cm³/mol. The van der Waals surface area contributed by atoms with E-state index >= 15 is 0 Å². The van der Waals surface area contributed by atoms with Crippen molar-refractivity contribution < 1.29 is 4.42 Å². The molecule has 0 spiro atoms. The molecule has 0 unspecified atom stereocenters. The lowest BCUT2D eigenvalue weighted by Gasteiger charge is -2.02. The van der Waals surface area contributed by atoms with Crippen molar-refractivity contribution in [3.05, 3.63) is 40.6 Å². The number of hydrogen-bond donors (Lipinski definition) is 2. The van der Waals surface area contributed by atoms with Gasteiger partial charge in [-0.25, -0.2) is 4.79 Å². The Balaban J connectivity index is 2.15. The van der Waals surface area contributed by atoms with Crippen LogP contribution in [0.2, 0.25) is 0 Å². The highest BCUT2D eigenvalue weighted by molar-refractivity contribution is 5.80. The van der Waals surface area contributed by atoms with Crippen LogP contribution in [-0.2, 0) is 13.5 Å². The molecule has 0 fully saturated rings. The third kappa shape index (κ3) is 1.86.